The van der Waals surface area contributed by atoms with Gasteiger partial charge in [0.05, 0.1) is 0 Å². The number of hydrogen-bond donors (Lipinski definition) is 2. The van der Waals surface area contributed by atoms with Gasteiger partial charge in [-0.25, -0.2) is 0 Å². The maximum absolute atomic E-state index is 7.52. The van der Waals surface area contributed by atoms with Crippen molar-refractivity contribution in [1.29, 1.82) is 0 Å². The molecule has 0 saturated heterocycles. The van der Waals surface area contributed by atoms with Crippen molar-refractivity contribution in [2.45, 2.75) is 0 Å². The summed E-state index contributed by atoms with van der Waals surface area (Å²) in [6, 6.07) is 0. The van der Waals surface area contributed by atoms with Crippen LogP contribution in [0.1, 0.15) is 0 Å². The van der Waals surface area contributed by atoms with Crippen LogP contribution in [0.2, 0.25) is 0 Å². The summed E-state index contributed by atoms with van der Waals surface area (Å²) in [4.78, 5) is 0. The van der Waals surface area contributed by atoms with Crippen molar-refractivity contribution in [2.75, 3.05) is 0 Å². The first kappa shape index (κ1) is 4.58. The van der Waals surface area contributed by atoms with Gasteiger partial charge in [0.1, 0.15) is 0 Å². The van der Waals surface area contributed by atoms with Crippen LogP contribution in [0.25, 0.3) is 0 Å². The Labute approximate surface area is 29.7 Å². The second-order valence-electron chi connectivity index (χ2n) is 0.410. The molecule has 4 nitrogen and oxygen atoms in total. The van der Waals surface area contributed by atoms with Crippen LogP contribution in [-0.4, -0.2) is 23.4 Å². The van der Waals surface area contributed by atoms with Crippen molar-refractivity contribution in [3.05, 3.63) is 0 Å². The number of nitrogens with zero attached hydrogens (tertiary/aromatic N) is 2. The molecule has 0 amide bonds. The Morgan fingerprint density at radius 2 is 1.80 bits per heavy atom. The molecule has 0 bridgehead atoms. The molecule has 0 atom stereocenters. The third-order valence-corrected chi connectivity index (χ3v) is 0.126. The van der Waals surface area contributed by atoms with Crippen molar-refractivity contribution in [3.8, 4) is 0 Å². The van der Waals surface area contributed by atoms with Crippen LogP contribution >= 0.6 is 0 Å². The van der Waals surface area contributed by atoms with Crippen molar-refractivity contribution >= 4 is 7.64 Å². The van der Waals surface area contributed by atoms with Gasteiger partial charge in [-0.3, -0.25) is 0 Å². The third kappa shape index (κ3) is 3.58. The molecule has 0 heterocycles. The fourth-order valence-corrected chi connectivity index (χ4v) is 0. The van der Waals surface area contributed by atoms with E-state index in [2.05, 4.69) is 12.6 Å². The van der Waals surface area contributed by atoms with E-state index >= 15 is 0 Å². The predicted octanol–water partition coefficient (Wildman–Crippen LogP) is -0.934. The van der Waals surface area contributed by atoms with Crippen LogP contribution in [0.3, 0.4) is 0 Å². The SMILES string of the molecule is B=NN(O)O. The zero-order chi connectivity index (χ0) is 4.28. The van der Waals surface area contributed by atoms with E-state index < -0.39 is 0 Å². The Balaban J connectivity index is 2.83. The van der Waals surface area contributed by atoms with Gasteiger partial charge >= 0.3 is 28.4 Å². The molecular formula is H3BN2O2. The summed E-state index contributed by atoms with van der Waals surface area (Å²) < 4.78 is 0. The van der Waals surface area contributed by atoms with Gasteiger partial charge in [0.2, 0.25) is 0 Å². The van der Waals surface area contributed by atoms with Gasteiger partial charge in [-0.05, 0) is 0 Å². The molecule has 28 valence electrons. The Hall–Kier alpha value is -0.415. The monoisotopic (exact) mass is 74.0 g/mol. The second-order valence-corrected chi connectivity index (χ2v) is 0.410. The van der Waals surface area contributed by atoms with Gasteiger partial charge in [0.15, 0.2) is 0 Å². The Morgan fingerprint density at radius 3 is 1.80 bits per heavy atom. The van der Waals surface area contributed by atoms with E-state index in [9.17, 15) is 0 Å². The quantitative estimate of drug-likeness (QED) is 0.312. The van der Waals surface area contributed by atoms with Crippen LogP contribution < -0.4 is 0 Å². The molecule has 5 heavy (non-hydrogen) atoms. The predicted molar refractivity (Wildman–Crippen MR) is 15.0 cm³/mol. The summed E-state index contributed by atoms with van der Waals surface area (Å²) in [5.74, 6) is 0. The molecule has 0 aliphatic rings. The van der Waals surface area contributed by atoms with Gasteiger partial charge in [0.25, 0.3) is 0 Å². The summed E-state index contributed by atoms with van der Waals surface area (Å²) in [6.45, 7) is 0. The van der Waals surface area contributed by atoms with Crippen LogP contribution in [-0.2, 0) is 0 Å². The normalized spacial score (nSPS) is 6.60. The fourth-order valence-electron chi connectivity index (χ4n) is 0. The van der Waals surface area contributed by atoms with Crippen LogP contribution in [0.15, 0.2) is 5.00 Å². The van der Waals surface area contributed by atoms with Crippen LogP contribution in [0.4, 0.5) is 0 Å². The third-order valence-electron chi connectivity index (χ3n) is 0.126. The molecule has 0 rings (SSSR count). The van der Waals surface area contributed by atoms with Crippen molar-refractivity contribution in [1.82, 2.24) is 5.34 Å². The van der Waals surface area contributed by atoms with E-state index in [1.165, 1.54) is 0 Å². The first-order valence-electron chi connectivity index (χ1n) is 0.916. The summed E-state index contributed by atoms with van der Waals surface area (Å²) >= 11 is 0. The molecular weight excluding hydrogens is 70.8 g/mol. The summed E-state index contributed by atoms with van der Waals surface area (Å²) in [5.41, 5.74) is 0. The van der Waals surface area contributed by atoms with Crippen molar-refractivity contribution in [2.24, 2.45) is 5.00 Å². The molecule has 0 saturated carbocycles. The van der Waals surface area contributed by atoms with Gasteiger partial charge in [-0.2, -0.15) is 0 Å². The maximum atomic E-state index is 7.52. The van der Waals surface area contributed by atoms with E-state index in [0.717, 1.165) is 0 Å². The van der Waals surface area contributed by atoms with Gasteiger partial charge < -0.3 is 0 Å². The molecule has 5 heteroatoms. The van der Waals surface area contributed by atoms with Crippen molar-refractivity contribution in [3.63, 3.8) is 0 Å². The van der Waals surface area contributed by atoms with E-state index in [4.69, 9.17) is 10.4 Å². The fraction of sp³-hybridized carbons (Fsp3) is 0. The van der Waals surface area contributed by atoms with E-state index in [1.807, 2.05) is 0 Å². The van der Waals surface area contributed by atoms with Crippen LogP contribution in [0.5, 0.6) is 0 Å². The van der Waals surface area contributed by atoms with Gasteiger partial charge in [-0.1, -0.05) is 0 Å². The number of hydrogen-bond acceptors (Lipinski definition) is 4. The summed E-state index contributed by atoms with van der Waals surface area (Å²) in [7, 11) is 2.74. The first-order valence-corrected chi connectivity index (χ1v) is 0.916. The summed E-state index contributed by atoms with van der Waals surface area (Å²) in [6.07, 6.45) is 0. The Morgan fingerprint density at radius 1 is 1.60 bits per heavy atom. The van der Waals surface area contributed by atoms with Gasteiger partial charge in [0, 0.05) is 0 Å². The molecule has 0 fully saturated rings. The topological polar surface area (TPSA) is 56.1 Å². The molecule has 0 unspecified atom stereocenters. The molecule has 0 aromatic carbocycles. The molecule has 2 N–H and O–H groups in total. The zero-order valence-corrected chi connectivity index (χ0v) is 2.50. The zero-order valence-electron chi connectivity index (χ0n) is 2.50. The summed E-state index contributed by atoms with van der Waals surface area (Å²) in [5, 5.41) is 17.3. The average molecular weight is 73.8 g/mol. The van der Waals surface area contributed by atoms with E-state index in [1.54, 1.807) is 0 Å². The van der Waals surface area contributed by atoms with E-state index in [0.29, 0.717) is 0 Å². The first-order chi connectivity index (χ1) is 2.27. The minimum atomic E-state index is -0.361. The average Bonchev–Trinajstić information content (AvgIpc) is 1.38. The minimum absolute atomic E-state index is 0.361. The van der Waals surface area contributed by atoms with Gasteiger partial charge in [-0.15, -0.1) is 0 Å². The molecule has 0 aromatic heterocycles. The number of rotatable bonds is 1. The molecule has 0 aliphatic carbocycles. The molecule has 0 aliphatic heterocycles. The standard InChI is InChI=1S/BH3N2O2/c1-2-3(4)5/h1,4-5H. The second kappa shape index (κ2) is 1.86. The Kier molecular flexibility index (Phi) is 1.71. The van der Waals surface area contributed by atoms with Crippen LogP contribution in [0, 0.1) is 0 Å². The Bertz CT molecular complexity index is 34.6. The molecule has 0 aromatic rings. The van der Waals surface area contributed by atoms with Crippen molar-refractivity contribution < 1.29 is 10.4 Å². The van der Waals surface area contributed by atoms with E-state index in [-0.39, 0.29) is 5.34 Å². The molecule has 0 radical (unpaired) electrons. The molecule has 0 spiro atoms.